The summed E-state index contributed by atoms with van der Waals surface area (Å²) in [6, 6.07) is 1.83. The zero-order chi connectivity index (χ0) is 12.3. The minimum absolute atomic E-state index is 0.0436. The van der Waals surface area contributed by atoms with Crippen LogP contribution in [0.3, 0.4) is 0 Å². The fourth-order valence-electron chi connectivity index (χ4n) is 1.79. The van der Waals surface area contributed by atoms with Gasteiger partial charge in [0.25, 0.3) is 5.91 Å². The molecule has 2 heterocycles. The Morgan fingerprint density at radius 1 is 1.71 bits per heavy atom. The SMILES string of the molecule is NCC#Cc1ccsc1C(=O)N1CCC(O)C1. The van der Waals surface area contributed by atoms with Gasteiger partial charge in [0.1, 0.15) is 4.88 Å². The number of carbonyl (C=O) groups excluding carboxylic acids is 1. The molecular formula is C12H14N2O2S. The molecule has 1 saturated heterocycles. The number of nitrogens with two attached hydrogens (primary N) is 1. The van der Waals surface area contributed by atoms with E-state index in [1.807, 2.05) is 11.4 Å². The van der Waals surface area contributed by atoms with Gasteiger partial charge in [0.05, 0.1) is 12.6 Å². The Morgan fingerprint density at radius 2 is 2.53 bits per heavy atom. The topological polar surface area (TPSA) is 66.6 Å². The number of hydrogen-bond donors (Lipinski definition) is 2. The van der Waals surface area contributed by atoms with E-state index in [1.165, 1.54) is 11.3 Å². The molecule has 0 saturated carbocycles. The fraction of sp³-hybridized carbons (Fsp3) is 0.417. The van der Waals surface area contributed by atoms with Gasteiger partial charge in [0.2, 0.25) is 0 Å². The van der Waals surface area contributed by atoms with Crippen molar-refractivity contribution in [3.63, 3.8) is 0 Å². The first-order valence-corrected chi connectivity index (χ1v) is 6.34. The Labute approximate surface area is 104 Å². The van der Waals surface area contributed by atoms with E-state index in [9.17, 15) is 9.90 Å². The van der Waals surface area contributed by atoms with Crippen molar-refractivity contribution in [2.75, 3.05) is 19.6 Å². The summed E-state index contributed by atoms with van der Waals surface area (Å²) in [6.07, 6.45) is 0.262. The summed E-state index contributed by atoms with van der Waals surface area (Å²) >= 11 is 1.38. The van der Waals surface area contributed by atoms with Crippen LogP contribution in [0.2, 0.25) is 0 Å². The van der Waals surface area contributed by atoms with Crippen LogP contribution in [0.1, 0.15) is 21.7 Å². The molecule has 3 N–H and O–H groups in total. The van der Waals surface area contributed by atoms with Crippen LogP contribution < -0.4 is 5.73 Å². The van der Waals surface area contributed by atoms with Gasteiger partial charge in [0, 0.05) is 18.7 Å². The molecule has 5 heteroatoms. The van der Waals surface area contributed by atoms with Crippen LogP contribution in [0.25, 0.3) is 0 Å². The zero-order valence-electron chi connectivity index (χ0n) is 9.35. The van der Waals surface area contributed by atoms with Crippen LogP contribution in [0.15, 0.2) is 11.4 Å². The minimum atomic E-state index is -0.391. The monoisotopic (exact) mass is 250 g/mol. The van der Waals surface area contributed by atoms with Crippen molar-refractivity contribution in [3.8, 4) is 11.8 Å². The molecule has 1 unspecified atom stereocenters. The molecule has 1 aromatic heterocycles. The minimum Gasteiger partial charge on any atom is -0.391 e. The highest BCUT2D eigenvalue weighted by atomic mass is 32.1. The normalized spacial score (nSPS) is 18.9. The Balaban J connectivity index is 2.17. The second-order valence-electron chi connectivity index (χ2n) is 3.86. The van der Waals surface area contributed by atoms with Crippen LogP contribution in [0.5, 0.6) is 0 Å². The van der Waals surface area contributed by atoms with E-state index in [4.69, 9.17) is 5.73 Å². The second-order valence-corrected chi connectivity index (χ2v) is 4.78. The lowest BCUT2D eigenvalue weighted by Gasteiger charge is -2.14. The summed E-state index contributed by atoms with van der Waals surface area (Å²) in [5, 5.41) is 11.3. The van der Waals surface area contributed by atoms with Gasteiger partial charge in [-0.25, -0.2) is 0 Å². The Hall–Kier alpha value is -1.35. The maximum absolute atomic E-state index is 12.2. The van der Waals surface area contributed by atoms with Gasteiger partial charge < -0.3 is 15.7 Å². The second kappa shape index (κ2) is 5.32. The number of aliphatic hydroxyl groups excluding tert-OH is 1. The van der Waals surface area contributed by atoms with E-state index in [2.05, 4.69) is 11.8 Å². The van der Waals surface area contributed by atoms with Gasteiger partial charge in [-0.3, -0.25) is 4.79 Å². The van der Waals surface area contributed by atoms with Crippen LogP contribution in [0.4, 0.5) is 0 Å². The molecular weight excluding hydrogens is 236 g/mol. The first-order valence-electron chi connectivity index (χ1n) is 5.46. The van der Waals surface area contributed by atoms with Gasteiger partial charge in [-0.2, -0.15) is 0 Å². The average molecular weight is 250 g/mol. The molecule has 0 radical (unpaired) electrons. The standard InChI is InChI=1S/C12H14N2O2S/c13-5-1-2-9-4-7-17-11(9)12(16)14-6-3-10(15)8-14/h4,7,10,15H,3,5-6,8,13H2. The number of nitrogens with zero attached hydrogens (tertiary/aromatic N) is 1. The average Bonchev–Trinajstić information content (AvgIpc) is 2.94. The number of aliphatic hydroxyl groups is 1. The first kappa shape index (κ1) is 12.1. The van der Waals surface area contributed by atoms with Crippen molar-refractivity contribution >= 4 is 17.2 Å². The van der Waals surface area contributed by atoms with E-state index in [-0.39, 0.29) is 12.5 Å². The van der Waals surface area contributed by atoms with E-state index in [0.29, 0.717) is 24.4 Å². The molecule has 4 nitrogen and oxygen atoms in total. The molecule has 0 spiro atoms. The largest absolute Gasteiger partial charge is 0.391 e. The summed E-state index contributed by atoms with van der Waals surface area (Å²) in [5.41, 5.74) is 6.04. The number of carbonyl (C=O) groups is 1. The Morgan fingerprint density at radius 3 is 3.18 bits per heavy atom. The van der Waals surface area contributed by atoms with Crippen molar-refractivity contribution in [2.45, 2.75) is 12.5 Å². The zero-order valence-corrected chi connectivity index (χ0v) is 10.2. The van der Waals surface area contributed by atoms with E-state index in [1.54, 1.807) is 4.90 Å². The molecule has 1 aliphatic heterocycles. The lowest BCUT2D eigenvalue weighted by atomic mass is 10.2. The number of thiophene rings is 1. The molecule has 17 heavy (non-hydrogen) atoms. The lowest BCUT2D eigenvalue weighted by Crippen LogP contribution is -2.29. The third-order valence-electron chi connectivity index (χ3n) is 2.64. The van der Waals surface area contributed by atoms with Crippen molar-refractivity contribution in [1.29, 1.82) is 0 Å². The number of amides is 1. The number of β-amino-alcohol motifs (C(OH)–C–C–N with tert-alkyl or cyclic N) is 1. The Bertz CT molecular complexity index is 472. The van der Waals surface area contributed by atoms with Crippen molar-refractivity contribution in [3.05, 3.63) is 21.9 Å². The summed E-state index contributed by atoms with van der Waals surface area (Å²) < 4.78 is 0. The van der Waals surface area contributed by atoms with Crippen molar-refractivity contribution in [1.82, 2.24) is 4.90 Å². The summed E-state index contributed by atoms with van der Waals surface area (Å²) in [6.45, 7) is 1.31. The molecule has 1 aliphatic rings. The summed E-state index contributed by atoms with van der Waals surface area (Å²) in [5.74, 6) is 5.60. The molecule has 1 aromatic rings. The molecule has 0 aliphatic carbocycles. The number of rotatable bonds is 1. The molecule has 0 bridgehead atoms. The first-order chi connectivity index (χ1) is 8.22. The van der Waals surface area contributed by atoms with Crippen LogP contribution in [-0.2, 0) is 0 Å². The highest BCUT2D eigenvalue weighted by Crippen LogP contribution is 2.20. The smallest absolute Gasteiger partial charge is 0.265 e. The van der Waals surface area contributed by atoms with E-state index < -0.39 is 6.10 Å². The number of likely N-dealkylation sites (tertiary alicyclic amines) is 1. The van der Waals surface area contributed by atoms with Crippen molar-refractivity contribution in [2.24, 2.45) is 5.73 Å². The Kier molecular flexibility index (Phi) is 3.79. The van der Waals surface area contributed by atoms with Crippen LogP contribution in [0, 0.1) is 11.8 Å². The molecule has 1 atom stereocenters. The number of hydrogen-bond acceptors (Lipinski definition) is 4. The predicted molar refractivity (Wildman–Crippen MR) is 66.8 cm³/mol. The van der Waals surface area contributed by atoms with E-state index >= 15 is 0 Å². The van der Waals surface area contributed by atoms with Crippen LogP contribution in [-0.4, -0.2) is 41.7 Å². The predicted octanol–water partition coefficient (Wildman–Crippen LogP) is 0.265. The maximum atomic E-state index is 12.2. The highest BCUT2D eigenvalue weighted by molar-refractivity contribution is 7.12. The quantitative estimate of drug-likeness (QED) is 0.703. The highest BCUT2D eigenvalue weighted by Gasteiger charge is 2.27. The summed E-state index contributed by atoms with van der Waals surface area (Å²) in [7, 11) is 0. The third kappa shape index (κ3) is 2.67. The van der Waals surface area contributed by atoms with Gasteiger partial charge in [0.15, 0.2) is 0 Å². The summed E-state index contributed by atoms with van der Waals surface area (Å²) in [4.78, 5) is 14.5. The van der Waals surface area contributed by atoms with Gasteiger partial charge >= 0.3 is 0 Å². The van der Waals surface area contributed by atoms with Gasteiger partial charge in [-0.15, -0.1) is 11.3 Å². The molecule has 1 amide bonds. The van der Waals surface area contributed by atoms with Crippen LogP contribution >= 0.6 is 11.3 Å². The van der Waals surface area contributed by atoms with Gasteiger partial charge in [-0.1, -0.05) is 11.8 Å². The molecule has 2 rings (SSSR count). The third-order valence-corrected chi connectivity index (χ3v) is 3.54. The molecule has 90 valence electrons. The van der Waals surface area contributed by atoms with Gasteiger partial charge in [-0.05, 0) is 17.9 Å². The fourth-order valence-corrected chi connectivity index (χ4v) is 2.61. The van der Waals surface area contributed by atoms with E-state index in [0.717, 1.165) is 5.56 Å². The van der Waals surface area contributed by atoms with Crippen molar-refractivity contribution < 1.29 is 9.90 Å². The molecule has 1 fully saturated rings. The maximum Gasteiger partial charge on any atom is 0.265 e. The molecule has 0 aromatic carbocycles. The lowest BCUT2D eigenvalue weighted by molar-refractivity contribution is 0.0769.